The van der Waals surface area contributed by atoms with Gasteiger partial charge >= 0.3 is 0 Å². The minimum atomic E-state index is -0.101. The number of aryl methyl sites for hydroxylation is 1. The van der Waals surface area contributed by atoms with Gasteiger partial charge in [0.15, 0.2) is 11.5 Å². The highest BCUT2D eigenvalue weighted by Crippen LogP contribution is 2.42. The Morgan fingerprint density at radius 1 is 1.14 bits per heavy atom. The summed E-state index contributed by atoms with van der Waals surface area (Å²) in [6.07, 6.45) is 9.45. The molecule has 1 N–H and O–H groups in total. The van der Waals surface area contributed by atoms with Gasteiger partial charge < -0.3 is 19.4 Å². The molecule has 1 atom stereocenters. The number of hydrogen-bond acceptors (Lipinski definition) is 4. The van der Waals surface area contributed by atoms with Gasteiger partial charge in [0, 0.05) is 43.0 Å². The molecule has 6 heteroatoms. The zero-order valence-electron chi connectivity index (χ0n) is 23.0. The standard InChI is InChI=1S/C31H41N3O3/c1-6-8-9-11-23(24-12-10-13-27-30(24)37-21-36-27)19-29(35)33-26-18-22(14-15-25(26)31(3,4)5)20-34-17-16-32-28(34)7-2/h10,12-18,23H,6-9,11,19-21H2,1-5H3,(H,33,35). The van der Waals surface area contributed by atoms with Gasteiger partial charge in [-0.3, -0.25) is 4.79 Å². The van der Waals surface area contributed by atoms with Crippen LogP contribution in [0, 0.1) is 0 Å². The molecular weight excluding hydrogens is 462 g/mol. The van der Waals surface area contributed by atoms with Gasteiger partial charge in [0.1, 0.15) is 5.82 Å². The van der Waals surface area contributed by atoms with Crippen LogP contribution in [0.15, 0.2) is 48.8 Å². The molecule has 1 unspecified atom stereocenters. The van der Waals surface area contributed by atoms with Crippen LogP contribution < -0.4 is 14.8 Å². The first-order valence-corrected chi connectivity index (χ1v) is 13.6. The van der Waals surface area contributed by atoms with Crippen LogP contribution in [0.3, 0.4) is 0 Å². The molecule has 37 heavy (non-hydrogen) atoms. The van der Waals surface area contributed by atoms with Crippen LogP contribution in [-0.2, 0) is 23.2 Å². The summed E-state index contributed by atoms with van der Waals surface area (Å²) in [5.74, 6) is 2.72. The third-order valence-electron chi connectivity index (χ3n) is 7.09. The maximum absolute atomic E-state index is 13.5. The fraction of sp³-hybridized carbons (Fsp3) is 0.484. The number of hydrogen-bond donors (Lipinski definition) is 1. The van der Waals surface area contributed by atoms with Crippen molar-refractivity contribution in [1.29, 1.82) is 0 Å². The molecule has 0 aliphatic carbocycles. The Kier molecular flexibility index (Phi) is 8.57. The number of carbonyl (C=O) groups excluding carboxylic acids is 1. The molecule has 1 amide bonds. The quantitative estimate of drug-likeness (QED) is 0.281. The monoisotopic (exact) mass is 503 g/mol. The highest BCUT2D eigenvalue weighted by Gasteiger charge is 2.26. The summed E-state index contributed by atoms with van der Waals surface area (Å²) in [6, 6.07) is 12.4. The maximum Gasteiger partial charge on any atom is 0.231 e. The van der Waals surface area contributed by atoms with Crippen molar-refractivity contribution in [3.05, 3.63) is 71.3 Å². The first-order valence-electron chi connectivity index (χ1n) is 13.6. The number of carbonyl (C=O) groups is 1. The number of fused-ring (bicyclic) bond motifs is 1. The molecule has 4 rings (SSSR count). The summed E-state index contributed by atoms with van der Waals surface area (Å²) in [7, 11) is 0. The smallest absolute Gasteiger partial charge is 0.231 e. The van der Waals surface area contributed by atoms with E-state index < -0.39 is 0 Å². The molecular formula is C31H41N3O3. The second-order valence-electron chi connectivity index (χ2n) is 11.0. The number of para-hydroxylation sites is 1. The van der Waals surface area contributed by atoms with Crippen LogP contribution in [-0.4, -0.2) is 22.3 Å². The van der Waals surface area contributed by atoms with E-state index in [-0.39, 0.29) is 24.0 Å². The average Bonchev–Trinajstić information content (AvgIpc) is 3.52. The zero-order valence-corrected chi connectivity index (χ0v) is 23.0. The molecule has 3 aromatic rings. The molecule has 1 aliphatic rings. The largest absolute Gasteiger partial charge is 0.454 e. The molecule has 0 fully saturated rings. The van der Waals surface area contributed by atoms with Crippen LogP contribution in [0.5, 0.6) is 11.5 Å². The Morgan fingerprint density at radius 3 is 2.73 bits per heavy atom. The lowest BCUT2D eigenvalue weighted by Crippen LogP contribution is -2.21. The zero-order chi connectivity index (χ0) is 26.4. The molecule has 0 spiro atoms. The molecule has 1 aromatic heterocycles. The molecule has 1 aliphatic heterocycles. The van der Waals surface area contributed by atoms with Crippen molar-refractivity contribution in [3.63, 3.8) is 0 Å². The summed E-state index contributed by atoms with van der Waals surface area (Å²) >= 11 is 0. The fourth-order valence-electron chi connectivity index (χ4n) is 5.15. The van der Waals surface area contributed by atoms with E-state index in [9.17, 15) is 4.79 Å². The van der Waals surface area contributed by atoms with Crippen LogP contribution in [0.1, 0.15) is 95.2 Å². The van der Waals surface area contributed by atoms with Crippen molar-refractivity contribution < 1.29 is 14.3 Å². The number of unbranched alkanes of at least 4 members (excludes halogenated alkanes) is 2. The summed E-state index contributed by atoms with van der Waals surface area (Å²) in [5.41, 5.74) is 4.13. The van der Waals surface area contributed by atoms with Gasteiger partial charge in [-0.25, -0.2) is 4.98 Å². The number of nitrogens with one attached hydrogen (secondary N) is 1. The maximum atomic E-state index is 13.5. The first kappa shape index (κ1) is 26.8. The Morgan fingerprint density at radius 2 is 1.97 bits per heavy atom. The van der Waals surface area contributed by atoms with Crippen molar-refractivity contribution in [2.45, 2.75) is 91.0 Å². The van der Waals surface area contributed by atoms with E-state index in [4.69, 9.17) is 9.47 Å². The van der Waals surface area contributed by atoms with E-state index in [1.54, 1.807) is 0 Å². The van der Waals surface area contributed by atoms with E-state index in [0.717, 1.165) is 78.4 Å². The van der Waals surface area contributed by atoms with Gasteiger partial charge in [0.2, 0.25) is 12.7 Å². The van der Waals surface area contributed by atoms with Crippen molar-refractivity contribution in [1.82, 2.24) is 9.55 Å². The Labute approximate surface area is 221 Å². The van der Waals surface area contributed by atoms with Gasteiger partial charge in [-0.15, -0.1) is 0 Å². The molecule has 0 bridgehead atoms. The second kappa shape index (κ2) is 11.8. The van der Waals surface area contributed by atoms with Crippen molar-refractivity contribution in [3.8, 4) is 11.5 Å². The lowest BCUT2D eigenvalue weighted by Gasteiger charge is -2.25. The van der Waals surface area contributed by atoms with Gasteiger partial charge in [-0.1, -0.05) is 78.1 Å². The third-order valence-corrected chi connectivity index (χ3v) is 7.09. The van der Waals surface area contributed by atoms with E-state index >= 15 is 0 Å². The number of aromatic nitrogens is 2. The number of ether oxygens (including phenoxy) is 2. The number of imidazole rings is 1. The van der Waals surface area contributed by atoms with Crippen LogP contribution in [0.2, 0.25) is 0 Å². The molecule has 6 nitrogen and oxygen atoms in total. The van der Waals surface area contributed by atoms with Gasteiger partial charge in [-0.2, -0.15) is 0 Å². The molecule has 0 saturated carbocycles. The SMILES string of the molecule is CCCCCC(CC(=O)Nc1cc(Cn2ccnc2CC)ccc1C(C)(C)C)c1cccc2c1OCO2. The Bertz CT molecular complexity index is 1210. The predicted molar refractivity (Wildman–Crippen MR) is 149 cm³/mol. The van der Waals surface area contributed by atoms with E-state index in [1.807, 2.05) is 24.5 Å². The van der Waals surface area contributed by atoms with Crippen LogP contribution >= 0.6 is 0 Å². The second-order valence-corrected chi connectivity index (χ2v) is 11.0. The van der Waals surface area contributed by atoms with Gasteiger partial charge in [0.25, 0.3) is 0 Å². The van der Waals surface area contributed by atoms with E-state index in [1.165, 1.54) is 0 Å². The predicted octanol–water partition coefficient (Wildman–Crippen LogP) is 7.21. The van der Waals surface area contributed by atoms with Gasteiger partial charge in [0.05, 0.1) is 0 Å². The topological polar surface area (TPSA) is 65.4 Å². The summed E-state index contributed by atoms with van der Waals surface area (Å²) in [4.78, 5) is 18.0. The van der Waals surface area contributed by atoms with E-state index in [2.05, 4.69) is 73.8 Å². The fourth-order valence-corrected chi connectivity index (χ4v) is 5.15. The molecule has 0 radical (unpaired) electrons. The summed E-state index contributed by atoms with van der Waals surface area (Å²) < 4.78 is 13.6. The van der Waals surface area contributed by atoms with Crippen molar-refractivity contribution in [2.24, 2.45) is 0 Å². The highest BCUT2D eigenvalue weighted by atomic mass is 16.7. The van der Waals surface area contributed by atoms with Gasteiger partial charge in [-0.05, 0) is 41.0 Å². The number of amides is 1. The third kappa shape index (κ3) is 6.54. The molecule has 2 heterocycles. The number of nitrogens with zero attached hydrogens (tertiary/aromatic N) is 2. The molecule has 198 valence electrons. The number of rotatable bonds is 11. The normalized spacial score (nSPS) is 13.5. The number of anilines is 1. The van der Waals surface area contributed by atoms with Crippen molar-refractivity contribution >= 4 is 11.6 Å². The molecule has 0 saturated heterocycles. The highest BCUT2D eigenvalue weighted by molar-refractivity contribution is 5.92. The summed E-state index contributed by atoms with van der Waals surface area (Å²) in [5, 5.41) is 3.29. The van der Waals surface area contributed by atoms with Crippen LogP contribution in [0.25, 0.3) is 0 Å². The minimum Gasteiger partial charge on any atom is -0.454 e. The first-order chi connectivity index (χ1) is 17.8. The average molecular weight is 504 g/mol. The Hall–Kier alpha value is -3.28. The van der Waals surface area contributed by atoms with E-state index in [0.29, 0.717) is 6.42 Å². The lowest BCUT2D eigenvalue weighted by atomic mass is 9.85. The Balaban J connectivity index is 1.57. The van der Waals surface area contributed by atoms with Crippen LogP contribution in [0.4, 0.5) is 5.69 Å². The number of benzene rings is 2. The lowest BCUT2D eigenvalue weighted by molar-refractivity contribution is -0.116. The summed E-state index contributed by atoms with van der Waals surface area (Å²) in [6.45, 7) is 11.8. The minimum absolute atomic E-state index is 0.0255. The van der Waals surface area contributed by atoms with Crippen molar-refractivity contribution in [2.75, 3.05) is 12.1 Å². The molecule has 2 aromatic carbocycles.